The van der Waals surface area contributed by atoms with E-state index in [9.17, 15) is 14.0 Å². The molecule has 0 atom stereocenters. The SMILES string of the molecule is CN(Cc1cc(Br)ccc1F)C(=O)C1CCN(C(=O)CCOc2ccccc2)CC1. The van der Waals surface area contributed by atoms with Crippen molar-refractivity contribution in [1.29, 1.82) is 0 Å². The third-order valence-corrected chi connectivity index (χ3v) is 5.81. The molecule has 0 aliphatic carbocycles. The zero-order valence-electron chi connectivity index (χ0n) is 17.0. The Morgan fingerprint density at radius 3 is 2.57 bits per heavy atom. The molecule has 2 amide bonds. The van der Waals surface area contributed by atoms with Crippen molar-refractivity contribution in [3.63, 3.8) is 0 Å². The molecule has 30 heavy (non-hydrogen) atoms. The van der Waals surface area contributed by atoms with Crippen LogP contribution in [0.25, 0.3) is 0 Å². The summed E-state index contributed by atoms with van der Waals surface area (Å²) >= 11 is 3.33. The van der Waals surface area contributed by atoms with Crippen molar-refractivity contribution in [3.05, 3.63) is 64.4 Å². The fourth-order valence-corrected chi connectivity index (χ4v) is 4.02. The lowest BCUT2D eigenvalue weighted by Crippen LogP contribution is -2.43. The number of benzene rings is 2. The Morgan fingerprint density at radius 1 is 1.17 bits per heavy atom. The highest BCUT2D eigenvalue weighted by atomic mass is 79.9. The van der Waals surface area contributed by atoms with Crippen LogP contribution in [0.1, 0.15) is 24.8 Å². The zero-order chi connectivity index (χ0) is 21.5. The number of para-hydroxylation sites is 1. The van der Waals surface area contributed by atoms with Gasteiger partial charge in [-0.2, -0.15) is 0 Å². The van der Waals surface area contributed by atoms with Gasteiger partial charge in [-0.05, 0) is 43.2 Å². The first-order valence-corrected chi connectivity index (χ1v) is 10.9. The summed E-state index contributed by atoms with van der Waals surface area (Å²) in [5.41, 5.74) is 0.478. The number of rotatable bonds is 7. The van der Waals surface area contributed by atoms with Crippen LogP contribution in [0.3, 0.4) is 0 Å². The van der Waals surface area contributed by atoms with Crippen molar-refractivity contribution >= 4 is 27.7 Å². The van der Waals surface area contributed by atoms with Crippen LogP contribution < -0.4 is 4.74 Å². The maximum atomic E-state index is 14.0. The van der Waals surface area contributed by atoms with Crippen molar-refractivity contribution in [1.82, 2.24) is 9.80 Å². The largest absolute Gasteiger partial charge is 0.493 e. The number of amides is 2. The average Bonchev–Trinajstić information content (AvgIpc) is 2.76. The lowest BCUT2D eigenvalue weighted by molar-refractivity contribution is -0.140. The van der Waals surface area contributed by atoms with Gasteiger partial charge in [0.25, 0.3) is 0 Å². The summed E-state index contributed by atoms with van der Waals surface area (Å²) in [7, 11) is 1.70. The summed E-state index contributed by atoms with van der Waals surface area (Å²) in [6, 6.07) is 14.1. The predicted molar refractivity (Wildman–Crippen MR) is 116 cm³/mol. The van der Waals surface area contributed by atoms with E-state index in [4.69, 9.17) is 4.74 Å². The summed E-state index contributed by atoms with van der Waals surface area (Å²) in [5.74, 6) is 0.320. The number of hydrogen-bond acceptors (Lipinski definition) is 3. The summed E-state index contributed by atoms with van der Waals surface area (Å²) < 4.78 is 20.3. The van der Waals surface area contributed by atoms with Crippen molar-refractivity contribution in [3.8, 4) is 5.75 Å². The molecule has 0 saturated carbocycles. The van der Waals surface area contributed by atoms with E-state index in [1.807, 2.05) is 30.3 Å². The predicted octanol–water partition coefficient (Wildman–Crippen LogP) is 4.25. The number of carbonyl (C=O) groups excluding carboxylic acids is 2. The van der Waals surface area contributed by atoms with Crippen molar-refractivity contribution < 1.29 is 18.7 Å². The first kappa shape index (κ1) is 22.3. The van der Waals surface area contributed by atoms with E-state index in [0.29, 0.717) is 44.5 Å². The zero-order valence-corrected chi connectivity index (χ0v) is 18.6. The van der Waals surface area contributed by atoms with E-state index < -0.39 is 0 Å². The third kappa shape index (κ3) is 6.05. The third-order valence-electron chi connectivity index (χ3n) is 5.32. The van der Waals surface area contributed by atoms with Crippen molar-refractivity contribution in [2.75, 3.05) is 26.7 Å². The molecule has 7 heteroatoms. The molecule has 3 rings (SSSR count). The van der Waals surface area contributed by atoms with Crippen LogP contribution in [0.2, 0.25) is 0 Å². The first-order chi connectivity index (χ1) is 14.4. The van der Waals surface area contributed by atoms with Gasteiger partial charge in [0.05, 0.1) is 13.0 Å². The topological polar surface area (TPSA) is 49.9 Å². The monoisotopic (exact) mass is 476 g/mol. The van der Waals surface area contributed by atoms with Crippen LogP contribution in [0.4, 0.5) is 4.39 Å². The number of likely N-dealkylation sites (tertiary alicyclic amines) is 1. The maximum absolute atomic E-state index is 14.0. The van der Waals surface area contributed by atoms with E-state index >= 15 is 0 Å². The van der Waals surface area contributed by atoms with E-state index in [1.54, 1.807) is 29.0 Å². The van der Waals surface area contributed by atoms with Gasteiger partial charge in [-0.15, -0.1) is 0 Å². The van der Waals surface area contributed by atoms with E-state index in [0.717, 1.165) is 10.2 Å². The van der Waals surface area contributed by atoms with Crippen LogP contribution in [-0.2, 0) is 16.1 Å². The molecule has 1 aliphatic heterocycles. The van der Waals surface area contributed by atoms with Crippen LogP contribution in [-0.4, -0.2) is 48.4 Å². The van der Waals surface area contributed by atoms with Crippen LogP contribution in [0.5, 0.6) is 5.75 Å². The van der Waals surface area contributed by atoms with Gasteiger partial charge >= 0.3 is 0 Å². The smallest absolute Gasteiger partial charge is 0.225 e. The summed E-state index contributed by atoms with van der Waals surface area (Å²) in [4.78, 5) is 28.6. The number of carbonyl (C=O) groups is 2. The minimum absolute atomic E-state index is 0.00566. The van der Waals surface area contributed by atoms with Gasteiger partial charge in [-0.1, -0.05) is 34.1 Å². The van der Waals surface area contributed by atoms with Crippen LogP contribution in [0.15, 0.2) is 53.0 Å². The highest BCUT2D eigenvalue weighted by molar-refractivity contribution is 9.10. The average molecular weight is 477 g/mol. The number of halogens is 2. The molecule has 2 aromatic rings. The second kappa shape index (κ2) is 10.6. The number of ether oxygens (including phenoxy) is 1. The quantitative estimate of drug-likeness (QED) is 0.599. The van der Waals surface area contributed by atoms with Gasteiger partial charge in [0, 0.05) is 42.6 Å². The Labute approximate surface area is 184 Å². The lowest BCUT2D eigenvalue weighted by Gasteiger charge is -2.33. The van der Waals surface area contributed by atoms with E-state index in [1.165, 1.54) is 6.07 Å². The summed E-state index contributed by atoms with van der Waals surface area (Å²) in [6.45, 7) is 1.67. The molecule has 0 unspecified atom stereocenters. The minimum atomic E-state index is -0.323. The Kier molecular flexibility index (Phi) is 7.85. The number of piperidine rings is 1. The van der Waals surface area contributed by atoms with Gasteiger partial charge in [0.1, 0.15) is 11.6 Å². The van der Waals surface area contributed by atoms with E-state index in [-0.39, 0.29) is 30.1 Å². The maximum Gasteiger partial charge on any atom is 0.225 e. The number of hydrogen-bond donors (Lipinski definition) is 0. The Morgan fingerprint density at radius 2 is 1.87 bits per heavy atom. The molecule has 160 valence electrons. The fraction of sp³-hybridized carbons (Fsp3) is 0.391. The second-order valence-corrected chi connectivity index (χ2v) is 8.41. The van der Waals surface area contributed by atoms with Crippen LogP contribution >= 0.6 is 15.9 Å². The first-order valence-electron chi connectivity index (χ1n) is 10.1. The molecule has 0 spiro atoms. The van der Waals surface area contributed by atoms with Crippen LogP contribution in [0, 0.1) is 11.7 Å². The van der Waals surface area contributed by atoms with Gasteiger partial charge < -0.3 is 14.5 Å². The van der Waals surface area contributed by atoms with Gasteiger partial charge in [-0.25, -0.2) is 4.39 Å². The van der Waals surface area contributed by atoms with Gasteiger partial charge in [0.15, 0.2) is 0 Å². The summed E-state index contributed by atoms with van der Waals surface area (Å²) in [5, 5.41) is 0. The fourth-order valence-electron chi connectivity index (χ4n) is 3.62. The standard InChI is InChI=1S/C23H26BrFN2O3/c1-26(16-18-15-19(24)7-8-21(18)25)23(29)17-9-12-27(13-10-17)22(28)11-14-30-20-5-3-2-4-6-20/h2-8,15,17H,9-14,16H2,1H3. The second-order valence-electron chi connectivity index (χ2n) is 7.50. The molecule has 0 radical (unpaired) electrons. The molecule has 1 heterocycles. The number of nitrogens with zero attached hydrogens (tertiary/aromatic N) is 2. The molecular weight excluding hydrogens is 451 g/mol. The molecule has 5 nitrogen and oxygen atoms in total. The summed E-state index contributed by atoms with van der Waals surface area (Å²) in [6.07, 6.45) is 1.56. The molecule has 2 aromatic carbocycles. The molecule has 1 aliphatic rings. The molecule has 0 aromatic heterocycles. The normalized spacial score (nSPS) is 14.4. The Hall–Kier alpha value is -2.41. The molecule has 1 fully saturated rings. The molecule has 1 saturated heterocycles. The molecule has 0 N–H and O–H groups in total. The van der Waals surface area contributed by atoms with E-state index in [2.05, 4.69) is 15.9 Å². The van der Waals surface area contributed by atoms with Crippen molar-refractivity contribution in [2.45, 2.75) is 25.8 Å². The molecule has 0 bridgehead atoms. The Bertz CT molecular complexity index is 870. The Balaban J connectivity index is 1.43. The van der Waals surface area contributed by atoms with Gasteiger partial charge in [0.2, 0.25) is 11.8 Å². The van der Waals surface area contributed by atoms with Crippen molar-refractivity contribution in [2.24, 2.45) is 5.92 Å². The highest BCUT2D eigenvalue weighted by Crippen LogP contribution is 2.22. The van der Waals surface area contributed by atoms with Gasteiger partial charge in [-0.3, -0.25) is 9.59 Å². The molecular formula is C23H26BrFN2O3. The minimum Gasteiger partial charge on any atom is -0.493 e. The lowest BCUT2D eigenvalue weighted by atomic mass is 9.95. The highest BCUT2D eigenvalue weighted by Gasteiger charge is 2.29.